The fourth-order valence-electron chi connectivity index (χ4n) is 3.90. The zero-order chi connectivity index (χ0) is 20.3. The second kappa shape index (κ2) is 8.35. The van der Waals surface area contributed by atoms with E-state index in [1.54, 1.807) is 7.05 Å². The van der Waals surface area contributed by atoms with E-state index in [0.717, 1.165) is 61.1 Å². The van der Waals surface area contributed by atoms with E-state index >= 15 is 0 Å². The topological polar surface area (TPSA) is 80.9 Å². The van der Waals surface area contributed by atoms with Gasteiger partial charge in [-0.05, 0) is 43.4 Å². The van der Waals surface area contributed by atoms with Gasteiger partial charge < -0.3 is 24.6 Å². The molecule has 1 aliphatic carbocycles. The van der Waals surface area contributed by atoms with E-state index in [2.05, 4.69) is 46.8 Å². The van der Waals surface area contributed by atoms with E-state index in [-0.39, 0.29) is 5.41 Å². The molecule has 2 N–H and O–H groups in total. The molecular weight excluding hydrogens is 368 g/mol. The van der Waals surface area contributed by atoms with Gasteiger partial charge in [0.2, 0.25) is 6.79 Å². The Morgan fingerprint density at radius 1 is 1.14 bits per heavy atom. The highest BCUT2D eigenvalue weighted by molar-refractivity contribution is 5.79. The zero-order valence-electron chi connectivity index (χ0n) is 17.5. The molecule has 7 heteroatoms. The predicted octanol–water partition coefficient (Wildman–Crippen LogP) is 3.70. The van der Waals surface area contributed by atoms with E-state index in [1.807, 2.05) is 12.1 Å². The first-order chi connectivity index (χ1) is 14.2. The molecule has 0 amide bonds. The molecule has 0 saturated heterocycles. The lowest BCUT2D eigenvalue weighted by molar-refractivity contribution is 0.174. The number of nitrogens with zero attached hydrogens (tertiary/aromatic N) is 2. The molecule has 0 unspecified atom stereocenters. The molecular formula is C22H30N4O3. The first-order valence-electron chi connectivity index (χ1n) is 10.5. The largest absolute Gasteiger partial charge is 0.454 e. The van der Waals surface area contributed by atoms with Crippen molar-refractivity contribution in [2.24, 2.45) is 4.99 Å². The number of fused-ring (bicyclic) bond motifs is 1. The SMILES string of the molecule is CCC(CC)c1cc(CNC(=NC)NCC2(c3ccc4c(c3)OCO4)CC2)on1. The number of hydrogen-bond donors (Lipinski definition) is 2. The average Bonchev–Trinajstić information content (AvgIpc) is 3.15. The summed E-state index contributed by atoms with van der Waals surface area (Å²) in [5.74, 6) is 3.72. The van der Waals surface area contributed by atoms with Crippen LogP contribution in [-0.2, 0) is 12.0 Å². The molecule has 4 rings (SSSR count). The van der Waals surface area contributed by atoms with Crippen LogP contribution in [0.5, 0.6) is 11.5 Å². The van der Waals surface area contributed by atoms with E-state index in [9.17, 15) is 0 Å². The first-order valence-corrected chi connectivity index (χ1v) is 10.5. The molecule has 0 atom stereocenters. The number of nitrogens with one attached hydrogen (secondary N) is 2. The number of guanidine groups is 1. The minimum Gasteiger partial charge on any atom is -0.454 e. The van der Waals surface area contributed by atoms with E-state index in [1.165, 1.54) is 5.56 Å². The summed E-state index contributed by atoms with van der Waals surface area (Å²) in [4.78, 5) is 4.35. The van der Waals surface area contributed by atoms with Crippen LogP contribution < -0.4 is 20.1 Å². The van der Waals surface area contributed by atoms with Gasteiger partial charge in [-0.25, -0.2) is 0 Å². The third-order valence-corrected chi connectivity index (χ3v) is 6.07. The molecule has 156 valence electrons. The Balaban J connectivity index is 1.32. The van der Waals surface area contributed by atoms with Crippen molar-refractivity contribution in [1.29, 1.82) is 0 Å². The van der Waals surface area contributed by atoms with Crippen molar-refractivity contribution in [3.05, 3.63) is 41.3 Å². The summed E-state index contributed by atoms with van der Waals surface area (Å²) < 4.78 is 16.5. The van der Waals surface area contributed by atoms with Gasteiger partial charge in [-0.3, -0.25) is 4.99 Å². The van der Waals surface area contributed by atoms with Crippen LogP contribution >= 0.6 is 0 Å². The molecule has 7 nitrogen and oxygen atoms in total. The minimum absolute atomic E-state index is 0.132. The number of ether oxygens (including phenoxy) is 2. The number of rotatable bonds is 8. The molecule has 1 saturated carbocycles. The van der Waals surface area contributed by atoms with Crippen LogP contribution in [0.25, 0.3) is 0 Å². The number of aromatic nitrogens is 1. The maximum Gasteiger partial charge on any atom is 0.231 e. The lowest BCUT2D eigenvalue weighted by atomic mass is 9.95. The maximum absolute atomic E-state index is 5.54. The van der Waals surface area contributed by atoms with Crippen molar-refractivity contribution in [1.82, 2.24) is 15.8 Å². The summed E-state index contributed by atoms with van der Waals surface area (Å²) in [6.07, 6.45) is 4.44. The summed E-state index contributed by atoms with van der Waals surface area (Å²) in [6, 6.07) is 8.31. The van der Waals surface area contributed by atoms with Gasteiger partial charge in [-0.2, -0.15) is 0 Å². The van der Waals surface area contributed by atoms with Crippen LogP contribution in [0.1, 0.15) is 62.5 Å². The molecule has 0 radical (unpaired) electrons. The summed E-state index contributed by atoms with van der Waals surface area (Å²) in [6.45, 7) is 6.05. The molecule has 1 aliphatic heterocycles. The number of aliphatic imine (C=N–C) groups is 1. The molecule has 29 heavy (non-hydrogen) atoms. The quantitative estimate of drug-likeness (QED) is 0.521. The molecule has 1 aromatic heterocycles. The van der Waals surface area contributed by atoms with Gasteiger partial charge in [-0.15, -0.1) is 0 Å². The van der Waals surface area contributed by atoms with Crippen LogP contribution in [-0.4, -0.2) is 31.5 Å². The Bertz CT molecular complexity index is 869. The van der Waals surface area contributed by atoms with Gasteiger partial charge in [0, 0.05) is 31.0 Å². The van der Waals surface area contributed by atoms with Crippen molar-refractivity contribution in [3.63, 3.8) is 0 Å². The second-order valence-electron chi connectivity index (χ2n) is 7.86. The molecule has 2 heterocycles. The van der Waals surface area contributed by atoms with Crippen LogP contribution in [0.4, 0.5) is 0 Å². The summed E-state index contributed by atoms with van der Waals surface area (Å²) in [5.41, 5.74) is 2.46. The zero-order valence-corrected chi connectivity index (χ0v) is 17.5. The molecule has 1 fully saturated rings. The molecule has 0 bridgehead atoms. The smallest absolute Gasteiger partial charge is 0.231 e. The van der Waals surface area contributed by atoms with Crippen molar-refractivity contribution in [2.45, 2.75) is 57.4 Å². The fraction of sp³-hybridized carbons (Fsp3) is 0.545. The van der Waals surface area contributed by atoms with Crippen molar-refractivity contribution in [2.75, 3.05) is 20.4 Å². The van der Waals surface area contributed by atoms with Crippen molar-refractivity contribution >= 4 is 5.96 Å². The Morgan fingerprint density at radius 3 is 2.66 bits per heavy atom. The van der Waals surface area contributed by atoms with E-state index in [4.69, 9.17) is 14.0 Å². The normalized spacial score (nSPS) is 16.9. The van der Waals surface area contributed by atoms with Gasteiger partial charge in [0.05, 0.1) is 12.2 Å². The van der Waals surface area contributed by atoms with Crippen molar-refractivity contribution < 1.29 is 14.0 Å². The fourth-order valence-corrected chi connectivity index (χ4v) is 3.90. The molecule has 2 aliphatic rings. The molecule has 1 aromatic carbocycles. The van der Waals surface area contributed by atoms with Gasteiger partial charge in [0.1, 0.15) is 0 Å². The lowest BCUT2D eigenvalue weighted by Gasteiger charge is -2.19. The van der Waals surface area contributed by atoms with Gasteiger partial charge in [0.15, 0.2) is 23.2 Å². The Kier molecular flexibility index (Phi) is 5.65. The highest BCUT2D eigenvalue weighted by Crippen LogP contribution is 2.49. The molecule has 2 aromatic rings. The van der Waals surface area contributed by atoms with Crippen LogP contribution in [0.2, 0.25) is 0 Å². The van der Waals surface area contributed by atoms with E-state index in [0.29, 0.717) is 19.3 Å². The third kappa shape index (κ3) is 4.18. The highest BCUT2D eigenvalue weighted by atomic mass is 16.7. The monoisotopic (exact) mass is 398 g/mol. The van der Waals surface area contributed by atoms with E-state index < -0.39 is 0 Å². The Morgan fingerprint density at radius 2 is 1.93 bits per heavy atom. The maximum atomic E-state index is 5.54. The Labute approximate surface area is 171 Å². The standard InChI is InChI=1S/C22H30N4O3/c1-4-15(5-2)18-11-17(29-26-18)12-24-21(23-3)25-13-22(8-9-22)16-6-7-19-20(10-16)28-14-27-19/h6-7,10-11,15H,4-5,8-9,12-14H2,1-3H3,(H2,23,24,25). The minimum atomic E-state index is 0.132. The van der Waals surface area contributed by atoms with Gasteiger partial charge in [0.25, 0.3) is 0 Å². The van der Waals surface area contributed by atoms with Gasteiger partial charge in [-0.1, -0.05) is 25.1 Å². The number of benzene rings is 1. The average molecular weight is 399 g/mol. The van der Waals surface area contributed by atoms with Crippen LogP contribution in [0.15, 0.2) is 33.8 Å². The summed E-state index contributed by atoms with van der Waals surface area (Å²) in [5, 5.41) is 11.0. The van der Waals surface area contributed by atoms with Gasteiger partial charge >= 0.3 is 0 Å². The van der Waals surface area contributed by atoms with Crippen LogP contribution in [0.3, 0.4) is 0 Å². The van der Waals surface area contributed by atoms with Crippen LogP contribution in [0, 0.1) is 0 Å². The lowest BCUT2D eigenvalue weighted by Crippen LogP contribution is -2.40. The Hall–Kier alpha value is -2.70. The molecule has 0 spiro atoms. The summed E-state index contributed by atoms with van der Waals surface area (Å²) in [7, 11) is 1.78. The summed E-state index contributed by atoms with van der Waals surface area (Å²) >= 11 is 0. The predicted molar refractivity (Wildman–Crippen MR) is 112 cm³/mol. The second-order valence-corrected chi connectivity index (χ2v) is 7.86. The first kappa shape index (κ1) is 19.6. The third-order valence-electron chi connectivity index (χ3n) is 6.07. The highest BCUT2D eigenvalue weighted by Gasteiger charge is 2.44. The van der Waals surface area contributed by atoms with Crippen molar-refractivity contribution in [3.8, 4) is 11.5 Å². The number of hydrogen-bond acceptors (Lipinski definition) is 5.